The van der Waals surface area contributed by atoms with Gasteiger partial charge in [0.05, 0.1) is 6.61 Å². The van der Waals surface area contributed by atoms with Crippen LogP contribution in [-0.4, -0.2) is 22.0 Å². The first-order valence-electron chi connectivity index (χ1n) is 8.27. The summed E-state index contributed by atoms with van der Waals surface area (Å²) in [6, 6.07) is 9.95. The van der Waals surface area contributed by atoms with Crippen LogP contribution >= 0.6 is 0 Å². The van der Waals surface area contributed by atoms with Crippen LogP contribution in [0.15, 0.2) is 42.6 Å². The number of hydrogen-bond donors (Lipinski definition) is 2. The lowest BCUT2D eigenvalue weighted by molar-refractivity contribution is 0.0922. The van der Waals surface area contributed by atoms with E-state index < -0.39 is 0 Å². The van der Waals surface area contributed by atoms with E-state index in [1.807, 2.05) is 0 Å². The Morgan fingerprint density at radius 3 is 2.75 bits per heavy atom. The van der Waals surface area contributed by atoms with Crippen molar-refractivity contribution in [3.63, 3.8) is 0 Å². The second kappa shape index (κ2) is 7.53. The predicted octanol–water partition coefficient (Wildman–Crippen LogP) is 2.85. The molecule has 2 N–H and O–H groups in total. The smallest absolute Gasteiger partial charge is 0.270 e. The van der Waals surface area contributed by atoms with Gasteiger partial charge in [-0.3, -0.25) is 9.78 Å². The molecule has 0 unspecified atom stereocenters. The van der Waals surface area contributed by atoms with Gasteiger partial charge in [0.15, 0.2) is 0 Å². The Morgan fingerprint density at radius 2 is 2.00 bits per heavy atom. The lowest BCUT2D eigenvalue weighted by Gasteiger charge is -2.21. The zero-order valence-corrected chi connectivity index (χ0v) is 13.4. The van der Waals surface area contributed by atoms with Gasteiger partial charge in [-0.05, 0) is 60.6 Å². The summed E-state index contributed by atoms with van der Waals surface area (Å²) in [5, 5.41) is 12.2. The summed E-state index contributed by atoms with van der Waals surface area (Å²) >= 11 is 0. The van der Waals surface area contributed by atoms with Crippen LogP contribution in [0, 0.1) is 11.7 Å². The first-order valence-corrected chi connectivity index (χ1v) is 8.27. The number of halogens is 1. The zero-order valence-electron chi connectivity index (χ0n) is 13.4. The van der Waals surface area contributed by atoms with Crippen LogP contribution in [0.4, 0.5) is 4.39 Å². The number of carbonyl (C=O) groups excluding carboxylic acids is 1. The third-order valence-corrected chi connectivity index (χ3v) is 4.63. The van der Waals surface area contributed by atoms with E-state index in [1.54, 1.807) is 24.3 Å². The second-order valence-corrected chi connectivity index (χ2v) is 6.31. The van der Waals surface area contributed by atoms with E-state index in [0.717, 1.165) is 31.2 Å². The number of amides is 1. The molecule has 0 radical (unpaired) electrons. The van der Waals surface area contributed by atoms with Crippen molar-refractivity contribution in [3.05, 3.63) is 65.2 Å². The molecule has 4 nitrogen and oxygen atoms in total. The van der Waals surface area contributed by atoms with E-state index in [0.29, 0.717) is 17.2 Å². The van der Waals surface area contributed by atoms with Crippen molar-refractivity contribution in [2.24, 2.45) is 5.92 Å². The van der Waals surface area contributed by atoms with Crippen LogP contribution in [0.25, 0.3) is 0 Å². The first-order chi connectivity index (χ1) is 11.7. The lowest BCUT2D eigenvalue weighted by Crippen LogP contribution is -2.38. The highest BCUT2D eigenvalue weighted by Gasteiger charge is 2.29. The Kier molecular flexibility index (Phi) is 5.20. The summed E-state index contributed by atoms with van der Waals surface area (Å²) in [5.74, 6) is -0.0911. The van der Waals surface area contributed by atoms with Gasteiger partial charge in [0.1, 0.15) is 11.5 Å². The average Bonchev–Trinajstić information content (AvgIpc) is 3.03. The third-order valence-electron chi connectivity index (χ3n) is 4.63. The SMILES string of the molecule is O=C(N[C@H]1CCC[C@H]1Cc1ccc(F)cc1)c1cc(CO)ccn1. The average molecular weight is 328 g/mol. The molecule has 0 spiro atoms. The van der Waals surface area contributed by atoms with Gasteiger partial charge in [-0.25, -0.2) is 4.39 Å². The molecule has 3 rings (SSSR count). The van der Waals surface area contributed by atoms with Crippen molar-refractivity contribution in [1.29, 1.82) is 0 Å². The Hall–Kier alpha value is -2.27. The van der Waals surface area contributed by atoms with E-state index in [1.165, 1.54) is 18.3 Å². The summed E-state index contributed by atoms with van der Waals surface area (Å²) < 4.78 is 13.0. The molecule has 0 aliphatic heterocycles. The molecule has 1 aromatic heterocycles. The number of pyridine rings is 1. The van der Waals surface area contributed by atoms with Crippen molar-refractivity contribution in [3.8, 4) is 0 Å². The summed E-state index contributed by atoms with van der Waals surface area (Å²) in [4.78, 5) is 16.5. The largest absolute Gasteiger partial charge is 0.392 e. The molecule has 1 aromatic carbocycles. The number of hydrogen-bond acceptors (Lipinski definition) is 3. The van der Waals surface area contributed by atoms with Gasteiger partial charge >= 0.3 is 0 Å². The highest BCUT2D eigenvalue weighted by Crippen LogP contribution is 2.29. The fourth-order valence-corrected chi connectivity index (χ4v) is 3.33. The summed E-state index contributed by atoms with van der Waals surface area (Å²) in [5.41, 5.74) is 2.08. The maximum Gasteiger partial charge on any atom is 0.270 e. The van der Waals surface area contributed by atoms with Gasteiger partial charge in [-0.1, -0.05) is 18.6 Å². The number of aliphatic hydroxyl groups is 1. The summed E-state index contributed by atoms with van der Waals surface area (Å²) in [7, 11) is 0. The molecule has 1 fully saturated rings. The molecule has 5 heteroatoms. The van der Waals surface area contributed by atoms with E-state index in [9.17, 15) is 9.18 Å². The van der Waals surface area contributed by atoms with Crippen LogP contribution in [0.1, 0.15) is 40.9 Å². The second-order valence-electron chi connectivity index (χ2n) is 6.31. The minimum absolute atomic E-state index is 0.0992. The molecule has 1 aliphatic rings. The number of aromatic nitrogens is 1. The van der Waals surface area contributed by atoms with Gasteiger partial charge in [-0.2, -0.15) is 0 Å². The van der Waals surface area contributed by atoms with Gasteiger partial charge < -0.3 is 10.4 Å². The molecule has 1 heterocycles. The van der Waals surface area contributed by atoms with Crippen molar-refractivity contribution in [2.75, 3.05) is 0 Å². The Bertz CT molecular complexity index is 703. The third kappa shape index (κ3) is 3.97. The number of nitrogens with zero attached hydrogens (tertiary/aromatic N) is 1. The number of benzene rings is 1. The normalized spacial score (nSPS) is 20.1. The monoisotopic (exact) mass is 328 g/mol. The zero-order chi connectivity index (χ0) is 16.9. The van der Waals surface area contributed by atoms with Gasteiger partial charge in [0, 0.05) is 12.2 Å². The van der Waals surface area contributed by atoms with Gasteiger partial charge in [0.2, 0.25) is 0 Å². The molecule has 2 aromatic rings. The Balaban J connectivity index is 1.64. The van der Waals surface area contributed by atoms with Crippen LogP contribution < -0.4 is 5.32 Å². The molecule has 126 valence electrons. The minimum atomic E-state index is -0.232. The molecule has 2 atom stereocenters. The van der Waals surface area contributed by atoms with E-state index >= 15 is 0 Å². The van der Waals surface area contributed by atoms with Crippen molar-refractivity contribution < 1.29 is 14.3 Å². The highest BCUT2D eigenvalue weighted by molar-refractivity contribution is 5.92. The molecule has 1 saturated carbocycles. The van der Waals surface area contributed by atoms with Crippen molar-refractivity contribution in [2.45, 2.75) is 38.3 Å². The molecule has 1 aliphatic carbocycles. The molecular formula is C19H21FN2O2. The first kappa shape index (κ1) is 16.6. The maximum absolute atomic E-state index is 13.0. The van der Waals surface area contributed by atoms with E-state index in [-0.39, 0.29) is 24.4 Å². The highest BCUT2D eigenvalue weighted by atomic mass is 19.1. The van der Waals surface area contributed by atoms with E-state index in [4.69, 9.17) is 5.11 Å². The number of aliphatic hydroxyl groups excluding tert-OH is 1. The molecule has 24 heavy (non-hydrogen) atoms. The summed E-state index contributed by atoms with van der Waals surface area (Å²) in [6.07, 6.45) is 5.42. The maximum atomic E-state index is 13.0. The van der Waals surface area contributed by atoms with Gasteiger partial charge in [0.25, 0.3) is 5.91 Å². The van der Waals surface area contributed by atoms with E-state index in [2.05, 4.69) is 10.3 Å². The molecule has 0 bridgehead atoms. The number of rotatable bonds is 5. The molecule has 0 saturated heterocycles. The standard InChI is InChI=1S/C19H21FN2O2/c20-16-6-4-13(5-7-16)10-15-2-1-3-17(15)22-19(24)18-11-14(12-23)8-9-21-18/h4-9,11,15,17,23H,1-3,10,12H2,(H,22,24)/t15-,17-/m0/s1. The van der Waals surface area contributed by atoms with Crippen molar-refractivity contribution >= 4 is 5.91 Å². The lowest BCUT2D eigenvalue weighted by atomic mass is 9.94. The quantitative estimate of drug-likeness (QED) is 0.887. The van der Waals surface area contributed by atoms with Crippen molar-refractivity contribution in [1.82, 2.24) is 10.3 Å². The van der Waals surface area contributed by atoms with Crippen LogP contribution in [0.5, 0.6) is 0 Å². The fraction of sp³-hybridized carbons (Fsp3) is 0.368. The molecule has 1 amide bonds. The number of carbonyl (C=O) groups is 1. The fourth-order valence-electron chi connectivity index (χ4n) is 3.33. The van der Waals surface area contributed by atoms with Crippen LogP contribution in [0.3, 0.4) is 0 Å². The minimum Gasteiger partial charge on any atom is -0.392 e. The van der Waals surface area contributed by atoms with Gasteiger partial charge in [-0.15, -0.1) is 0 Å². The molecular weight excluding hydrogens is 307 g/mol. The van der Waals surface area contributed by atoms with Crippen LogP contribution in [-0.2, 0) is 13.0 Å². The van der Waals surface area contributed by atoms with Crippen LogP contribution in [0.2, 0.25) is 0 Å². The summed E-state index contributed by atoms with van der Waals surface area (Å²) in [6.45, 7) is -0.112. The topological polar surface area (TPSA) is 62.2 Å². The Labute approximate surface area is 140 Å². The number of nitrogens with one attached hydrogen (secondary N) is 1. The predicted molar refractivity (Wildman–Crippen MR) is 88.9 cm³/mol. The Morgan fingerprint density at radius 1 is 1.21 bits per heavy atom.